The molecule has 2 atom stereocenters. The number of nitrogens with zero attached hydrogens (tertiary/aromatic N) is 4. The first-order valence-corrected chi connectivity index (χ1v) is 14.7. The van der Waals surface area contributed by atoms with Crippen LogP contribution >= 0.6 is 12.2 Å². The lowest BCUT2D eigenvalue weighted by Crippen LogP contribution is -2.29. The van der Waals surface area contributed by atoms with E-state index in [0.717, 1.165) is 40.2 Å². The normalized spacial score (nSPS) is 17.2. The summed E-state index contributed by atoms with van der Waals surface area (Å²) in [4.78, 5) is 10.9. The van der Waals surface area contributed by atoms with E-state index in [4.69, 9.17) is 17.0 Å². The van der Waals surface area contributed by atoms with Crippen molar-refractivity contribution in [2.45, 2.75) is 32.5 Å². The van der Waals surface area contributed by atoms with Gasteiger partial charge in [-0.05, 0) is 79.7 Å². The number of hydrogen-bond acceptors (Lipinski definition) is 6. The van der Waals surface area contributed by atoms with E-state index >= 15 is 0 Å². The average Bonchev–Trinajstić information content (AvgIpc) is 3.39. The number of thiocarbonyl (C=S) groups is 1. The number of hydrogen-bond donors (Lipinski definition) is 2. The van der Waals surface area contributed by atoms with Crippen molar-refractivity contribution in [3.8, 4) is 5.75 Å². The molecule has 2 N–H and O–H groups in total. The number of rotatable bonds is 8. The first-order valence-electron chi connectivity index (χ1n) is 12.4. The van der Waals surface area contributed by atoms with Crippen LogP contribution < -0.4 is 19.7 Å². The summed E-state index contributed by atoms with van der Waals surface area (Å²) < 4.78 is 34.4. The zero-order chi connectivity index (χ0) is 27.7. The van der Waals surface area contributed by atoms with E-state index in [-0.39, 0.29) is 12.1 Å². The summed E-state index contributed by atoms with van der Waals surface area (Å²) in [6.45, 7) is 4.89. The molecule has 0 spiro atoms. The summed E-state index contributed by atoms with van der Waals surface area (Å²) >= 11 is 5.88. The van der Waals surface area contributed by atoms with Gasteiger partial charge in [-0.1, -0.05) is 12.1 Å². The van der Waals surface area contributed by atoms with Crippen LogP contribution in [0.15, 0.2) is 73.2 Å². The van der Waals surface area contributed by atoms with Crippen LogP contribution in [-0.4, -0.2) is 41.4 Å². The Hall–Kier alpha value is -3.96. The van der Waals surface area contributed by atoms with Gasteiger partial charge in [0.2, 0.25) is 10.0 Å². The van der Waals surface area contributed by atoms with Crippen LogP contribution in [0, 0.1) is 13.8 Å². The number of aryl methyl sites for hydroxylation is 1. The molecule has 1 aliphatic rings. The van der Waals surface area contributed by atoms with E-state index in [9.17, 15) is 8.42 Å². The molecule has 1 saturated heterocycles. The van der Waals surface area contributed by atoms with Gasteiger partial charge in [-0.3, -0.25) is 14.7 Å². The minimum absolute atomic E-state index is 0.237. The summed E-state index contributed by atoms with van der Waals surface area (Å²) in [7, 11) is -2.04. The lowest BCUT2D eigenvalue weighted by Gasteiger charge is -2.29. The molecule has 202 valence electrons. The maximum absolute atomic E-state index is 12.1. The Morgan fingerprint density at radius 3 is 2.59 bits per heavy atom. The molecule has 4 heterocycles. The Morgan fingerprint density at radius 2 is 1.92 bits per heavy atom. The summed E-state index contributed by atoms with van der Waals surface area (Å²) in [5, 5.41) is 3.99. The van der Waals surface area contributed by atoms with E-state index in [2.05, 4.69) is 50.6 Å². The van der Waals surface area contributed by atoms with Gasteiger partial charge < -0.3 is 19.5 Å². The summed E-state index contributed by atoms with van der Waals surface area (Å²) in [5.74, 6) is 0.412. The first kappa shape index (κ1) is 26.6. The van der Waals surface area contributed by atoms with E-state index in [0.29, 0.717) is 23.1 Å². The number of methoxy groups -OCH3 is 1. The molecule has 0 aliphatic carbocycles. The largest absolute Gasteiger partial charge is 0.495 e. The molecule has 11 heteroatoms. The number of sulfonamides is 1. The van der Waals surface area contributed by atoms with E-state index in [1.54, 1.807) is 24.5 Å². The van der Waals surface area contributed by atoms with Gasteiger partial charge in [0, 0.05) is 42.2 Å². The minimum Gasteiger partial charge on any atom is -0.495 e. The van der Waals surface area contributed by atoms with Gasteiger partial charge >= 0.3 is 0 Å². The van der Waals surface area contributed by atoms with Crippen molar-refractivity contribution < 1.29 is 13.2 Å². The molecule has 0 saturated carbocycles. The molecule has 1 aliphatic heterocycles. The SMILES string of the molecule is COc1ccc(N2C(=S)NC(c3ccccn3)C2c2cc(C)n(Cc3cccnc3)c2C)cc1NS(C)(=O)=O. The number of anilines is 2. The fourth-order valence-corrected chi connectivity index (χ4v) is 6.02. The van der Waals surface area contributed by atoms with Crippen LogP contribution in [0.5, 0.6) is 5.75 Å². The monoisotopic (exact) mass is 562 g/mol. The topological polar surface area (TPSA) is 101 Å². The summed E-state index contributed by atoms with van der Waals surface area (Å²) in [6.07, 6.45) is 6.53. The Morgan fingerprint density at radius 1 is 1.10 bits per heavy atom. The Kier molecular flexibility index (Phi) is 7.28. The van der Waals surface area contributed by atoms with Gasteiger partial charge in [0.25, 0.3) is 0 Å². The van der Waals surface area contributed by atoms with Gasteiger partial charge in [-0.15, -0.1) is 0 Å². The van der Waals surface area contributed by atoms with Gasteiger partial charge in [-0.25, -0.2) is 8.42 Å². The lowest BCUT2D eigenvalue weighted by molar-refractivity contribution is 0.417. The third-order valence-corrected chi connectivity index (χ3v) is 7.75. The summed E-state index contributed by atoms with van der Waals surface area (Å²) in [6, 6.07) is 16.9. The van der Waals surface area contributed by atoms with Crippen LogP contribution in [0.3, 0.4) is 0 Å². The predicted molar refractivity (Wildman–Crippen MR) is 157 cm³/mol. The first-order chi connectivity index (χ1) is 18.7. The zero-order valence-corrected chi connectivity index (χ0v) is 23.8. The second-order valence-electron chi connectivity index (χ2n) is 9.53. The zero-order valence-electron chi connectivity index (χ0n) is 22.1. The maximum atomic E-state index is 12.1. The Bertz CT molecular complexity index is 1610. The number of ether oxygens (including phenoxy) is 1. The second kappa shape index (κ2) is 10.7. The van der Waals surface area contributed by atoms with E-state index in [1.807, 2.05) is 41.4 Å². The number of nitrogens with one attached hydrogen (secondary N) is 2. The smallest absolute Gasteiger partial charge is 0.229 e. The van der Waals surface area contributed by atoms with Crippen molar-refractivity contribution in [2.24, 2.45) is 0 Å². The number of aromatic nitrogens is 3. The van der Waals surface area contributed by atoms with Crippen LogP contribution in [-0.2, 0) is 16.6 Å². The van der Waals surface area contributed by atoms with Crippen molar-refractivity contribution in [3.05, 3.63) is 101 Å². The molecule has 1 fully saturated rings. The fourth-order valence-electron chi connectivity index (χ4n) is 5.12. The number of pyridine rings is 2. The summed E-state index contributed by atoms with van der Waals surface area (Å²) in [5.41, 5.74) is 6.32. The lowest BCUT2D eigenvalue weighted by atomic mass is 9.96. The predicted octanol–water partition coefficient (Wildman–Crippen LogP) is 4.50. The highest BCUT2D eigenvalue weighted by atomic mass is 32.2. The second-order valence-corrected chi connectivity index (χ2v) is 11.7. The molecule has 9 nitrogen and oxygen atoms in total. The molecular formula is C28H30N6O3S2. The molecule has 0 amide bonds. The third kappa shape index (κ3) is 5.45. The van der Waals surface area contributed by atoms with Crippen molar-refractivity contribution in [1.29, 1.82) is 0 Å². The molecule has 0 bridgehead atoms. The molecule has 2 unspecified atom stereocenters. The molecule has 1 aromatic carbocycles. The minimum atomic E-state index is -3.54. The van der Waals surface area contributed by atoms with Gasteiger partial charge in [0.1, 0.15) is 5.75 Å². The standard InChI is InChI=1S/C28H30N6O3S2/c1-18-14-22(19(2)33(18)17-20-8-7-12-29-16-20)27-26(23-9-5-6-13-30-23)31-28(38)34(27)21-10-11-25(37-3)24(15-21)32-39(4,35)36/h5-16,26-27,32H,17H2,1-4H3,(H,31,38). The van der Waals surface area contributed by atoms with Gasteiger partial charge in [0.05, 0.1) is 36.8 Å². The third-order valence-electron chi connectivity index (χ3n) is 6.85. The molecular weight excluding hydrogens is 532 g/mol. The average molecular weight is 563 g/mol. The Balaban J connectivity index is 1.64. The number of benzene rings is 1. The van der Waals surface area contributed by atoms with Gasteiger partial charge in [0.15, 0.2) is 5.11 Å². The van der Waals surface area contributed by atoms with Crippen LogP contribution in [0.1, 0.15) is 40.3 Å². The highest BCUT2D eigenvalue weighted by molar-refractivity contribution is 7.92. The van der Waals surface area contributed by atoms with Crippen molar-refractivity contribution >= 4 is 38.7 Å². The fraction of sp³-hybridized carbons (Fsp3) is 0.250. The van der Waals surface area contributed by atoms with Crippen LogP contribution in [0.4, 0.5) is 11.4 Å². The molecule has 4 aromatic rings. The van der Waals surface area contributed by atoms with Crippen LogP contribution in [0.25, 0.3) is 0 Å². The molecule has 3 aromatic heterocycles. The molecule has 5 rings (SSSR count). The maximum Gasteiger partial charge on any atom is 0.229 e. The molecule has 0 radical (unpaired) electrons. The quantitative estimate of drug-likeness (QED) is 0.303. The van der Waals surface area contributed by atoms with E-state index < -0.39 is 10.0 Å². The van der Waals surface area contributed by atoms with E-state index in [1.165, 1.54) is 7.11 Å². The highest BCUT2D eigenvalue weighted by Gasteiger charge is 2.42. The highest BCUT2D eigenvalue weighted by Crippen LogP contribution is 2.44. The Labute approximate surface area is 233 Å². The van der Waals surface area contributed by atoms with Crippen molar-refractivity contribution in [1.82, 2.24) is 19.9 Å². The van der Waals surface area contributed by atoms with Crippen LogP contribution in [0.2, 0.25) is 0 Å². The molecule has 39 heavy (non-hydrogen) atoms. The van der Waals surface area contributed by atoms with Gasteiger partial charge in [-0.2, -0.15) is 0 Å². The van der Waals surface area contributed by atoms with Crippen molar-refractivity contribution in [2.75, 3.05) is 23.0 Å². The van der Waals surface area contributed by atoms with Crippen molar-refractivity contribution in [3.63, 3.8) is 0 Å².